The van der Waals surface area contributed by atoms with E-state index in [1.54, 1.807) is 14.2 Å². The number of aliphatic imine (C=N–C) groups is 1. The van der Waals surface area contributed by atoms with Gasteiger partial charge in [0.05, 0.1) is 7.11 Å². The van der Waals surface area contributed by atoms with Crippen molar-refractivity contribution in [2.45, 2.75) is 19.6 Å². The number of benzene rings is 2. The Morgan fingerprint density at radius 2 is 1.60 bits per heavy atom. The van der Waals surface area contributed by atoms with E-state index in [0.717, 1.165) is 24.8 Å². The summed E-state index contributed by atoms with van der Waals surface area (Å²) in [5, 5.41) is 6.69. The number of ether oxygens (including phenoxy) is 1. The van der Waals surface area contributed by atoms with Gasteiger partial charge >= 0.3 is 0 Å². The number of guanidine groups is 1. The van der Waals surface area contributed by atoms with Crippen molar-refractivity contribution in [1.29, 1.82) is 0 Å². The maximum atomic E-state index is 5.18. The van der Waals surface area contributed by atoms with Crippen molar-refractivity contribution in [2.75, 3.05) is 28.3 Å². The SMILES string of the molecule is CN=C(NCc1ccc(OC)cc1)NCc1cccc(CN(C)C)c1. The van der Waals surface area contributed by atoms with Crippen molar-refractivity contribution in [3.63, 3.8) is 0 Å². The molecule has 2 rings (SSSR count). The van der Waals surface area contributed by atoms with E-state index >= 15 is 0 Å². The third kappa shape index (κ3) is 6.47. The summed E-state index contributed by atoms with van der Waals surface area (Å²) in [4.78, 5) is 6.45. The Hall–Kier alpha value is -2.53. The second-order valence-electron chi connectivity index (χ2n) is 6.19. The van der Waals surface area contributed by atoms with Gasteiger partial charge in [0.25, 0.3) is 0 Å². The van der Waals surface area contributed by atoms with Crippen LogP contribution >= 0.6 is 0 Å². The van der Waals surface area contributed by atoms with Gasteiger partial charge in [0.15, 0.2) is 5.96 Å². The summed E-state index contributed by atoms with van der Waals surface area (Å²) < 4.78 is 5.18. The van der Waals surface area contributed by atoms with Crippen LogP contribution in [0.15, 0.2) is 53.5 Å². The average molecular weight is 340 g/mol. The molecule has 0 heterocycles. The molecular weight excluding hydrogens is 312 g/mol. The van der Waals surface area contributed by atoms with E-state index in [1.165, 1.54) is 16.7 Å². The van der Waals surface area contributed by atoms with Crippen LogP contribution in [0.1, 0.15) is 16.7 Å². The second-order valence-corrected chi connectivity index (χ2v) is 6.19. The van der Waals surface area contributed by atoms with Crippen molar-refractivity contribution < 1.29 is 4.74 Å². The molecule has 0 aliphatic heterocycles. The van der Waals surface area contributed by atoms with Gasteiger partial charge in [-0.25, -0.2) is 0 Å². The van der Waals surface area contributed by atoms with Crippen LogP contribution in [0.4, 0.5) is 0 Å². The fourth-order valence-electron chi connectivity index (χ4n) is 2.54. The molecule has 0 spiro atoms. The highest BCUT2D eigenvalue weighted by molar-refractivity contribution is 5.79. The average Bonchev–Trinajstić information content (AvgIpc) is 2.62. The van der Waals surface area contributed by atoms with Crippen molar-refractivity contribution in [2.24, 2.45) is 4.99 Å². The Morgan fingerprint density at radius 1 is 0.960 bits per heavy atom. The lowest BCUT2D eigenvalue weighted by Gasteiger charge is -2.14. The Morgan fingerprint density at radius 3 is 2.20 bits per heavy atom. The molecule has 0 aliphatic carbocycles. The van der Waals surface area contributed by atoms with Crippen molar-refractivity contribution in [3.8, 4) is 5.75 Å². The number of hydrogen-bond acceptors (Lipinski definition) is 3. The molecule has 0 unspecified atom stereocenters. The van der Waals surface area contributed by atoms with Gasteiger partial charge in [-0.05, 0) is 42.9 Å². The zero-order valence-corrected chi connectivity index (χ0v) is 15.5. The minimum atomic E-state index is 0.713. The van der Waals surface area contributed by atoms with Crippen LogP contribution in [0.2, 0.25) is 0 Å². The van der Waals surface area contributed by atoms with E-state index in [9.17, 15) is 0 Å². The van der Waals surface area contributed by atoms with Crippen LogP contribution in [0.3, 0.4) is 0 Å². The topological polar surface area (TPSA) is 48.9 Å². The van der Waals surface area contributed by atoms with Crippen LogP contribution < -0.4 is 15.4 Å². The van der Waals surface area contributed by atoms with E-state index < -0.39 is 0 Å². The maximum Gasteiger partial charge on any atom is 0.191 e. The zero-order valence-electron chi connectivity index (χ0n) is 15.5. The van der Waals surface area contributed by atoms with Gasteiger partial charge in [-0.2, -0.15) is 0 Å². The van der Waals surface area contributed by atoms with Crippen LogP contribution in [0.5, 0.6) is 5.75 Å². The first-order valence-corrected chi connectivity index (χ1v) is 8.40. The Kier molecular flexibility index (Phi) is 7.29. The lowest BCUT2D eigenvalue weighted by molar-refractivity contribution is 0.402. The highest BCUT2D eigenvalue weighted by Gasteiger charge is 2.01. The summed E-state index contributed by atoms with van der Waals surface area (Å²) in [6.07, 6.45) is 0. The molecule has 134 valence electrons. The smallest absolute Gasteiger partial charge is 0.191 e. The van der Waals surface area contributed by atoms with Crippen molar-refractivity contribution in [1.82, 2.24) is 15.5 Å². The van der Waals surface area contributed by atoms with Crippen LogP contribution in [0.25, 0.3) is 0 Å². The first-order chi connectivity index (χ1) is 12.1. The van der Waals surface area contributed by atoms with Gasteiger partial charge in [-0.15, -0.1) is 0 Å². The summed E-state index contributed by atoms with van der Waals surface area (Å²) in [6, 6.07) is 16.6. The monoisotopic (exact) mass is 340 g/mol. The lowest BCUT2D eigenvalue weighted by Crippen LogP contribution is -2.36. The molecule has 0 saturated carbocycles. The predicted molar refractivity (Wildman–Crippen MR) is 104 cm³/mol. The van der Waals surface area contributed by atoms with E-state index in [1.807, 2.05) is 24.3 Å². The summed E-state index contributed by atoms with van der Waals surface area (Å²) in [5.41, 5.74) is 3.73. The minimum Gasteiger partial charge on any atom is -0.497 e. The Bertz CT molecular complexity index is 680. The van der Waals surface area contributed by atoms with Crippen molar-refractivity contribution >= 4 is 5.96 Å². The molecule has 0 fully saturated rings. The quantitative estimate of drug-likeness (QED) is 0.601. The van der Waals surface area contributed by atoms with E-state index in [0.29, 0.717) is 6.54 Å². The van der Waals surface area contributed by atoms with Crippen LogP contribution in [-0.2, 0) is 19.6 Å². The zero-order chi connectivity index (χ0) is 18.1. The van der Waals surface area contributed by atoms with Gasteiger partial charge < -0.3 is 20.3 Å². The number of hydrogen-bond donors (Lipinski definition) is 2. The van der Waals surface area contributed by atoms with Gasteiger partial charge in [-0.1, -0.05) is 36.4 Å². The summed E-state index contributed by atoms with van der Waals surface area (Å²) in [5.74, 6) is 1.65. The largest absolute Gasteiger partial charge is 0.497 e. The number of methoxy groups -OCH3 is 1. The molecule has 5 heteroatoms. The summed E-state index contributed by atoms with van der Waals surface area (Å²) >= 11 is 0. The molecule has 0 atom stereocenters. The first-order valence-electron chi connectivity index (χ1n) is 8.40. The summed E-state index contributed by atoms with van der Waals surface area (Å²) in [7, 11) is 7.62. The van der Waals surface area contributed by atoms with Gasteiger partial charge in [0.2, 0.25) is 0 Å². The highest BCUT2D eigenvalue weighted by Crippen LogP contribution is 2.11. The minimum absolute atomic E-state index is 0.713. The number of rotatable bonds is 7. The third-order valence-electron chi connectivity index (χ3n) is 3.79. The highest BCUT2D eigenvalue weighted by atomic mass is 16.5. The fourth-order valence-corrected chi connectivity index (χ4v) is 2.54. The molecule has 0 aromatic heterocycles. The van der Waals surface area contributed by atoms with E-state index in [2.05, 4.69) is 58.9 Å². The first kappa shape index (κ1) is 18.8. The van der Waals surface area contributed by atoms with Gasteiger partial charge in [0, 0.05) is 26.7 Å². The van der Waals surface area contributed by atoms with Gasteiger partial charge in [-0.3, -0.25) is 4.99 Å². The van der Waals surface area contributed by atoms with Crippen molar-refractivity contribution in [3.05, 3.63) is 65.2 Å². The number of nitrogens with one attached hydrogen (secondary N) is 2. The number of nitrogens with zero attached hydrogens (tertiary/aromatic N) is 2. The molecule has 0 saturated heterocycles. The molecular formula is C20H28N4O. The molecule has 5 nitrogen and oxygen atoms in total. The standard InChI is InChI=1S/C20H28N4O/c1-21-20(22-13-16-8-10-19(25-4)11-9-16)23-14-17-6-5-7-18(12-17)15-24(2)3/h5-12H,13-15H2,1-4H3,(H2,21,22,23). The normalized spacial score (nSPS) is 11.5. The summed E-state index contributed by atoms with van der Waals surface area (Å²) in [6.45, 7) is 2.40. The fraction of sp³-hybridized carbons (Fsp3) is 0.350. The Labute approximate surface area is 150 Å². The van der Waals surface area contributed by atoms with E-state index in [-0.39, 0.29) is 0 Å². The molecule has 2 aromatic rings. The molecule has 0 amide bonds. The van der Waals surface area contributed by atoms with Gasteiger partial charge in [0.1, 0.15) is 5.75 Å². The molecule has 2 N–H and O–H groups in total. The molecule has 0 aliphatic rings. The molecule has 2 aromatic carbocycles. The molecule has 25 heavy (non-hydrogen) atoms. The van der Waals surface area contributed by atoms with Crippen LogP contribution in [0, 0.1) is 0 Å². The van der Waals surface area contributed by atoms with E-state index in [4.69, 9.17) is 4.74 Å². The maximum absolute atomic E-state index is 5.18. The second kappa shape index (κ2) is 9.69. The third-order valence-corrected chi connectivity index (χ3v) is 3.79. The predicted octanol–water partition coefficient (Wildman–Crippen LogP) is 2.62. The lowest BCUT2D eigenvalue weighted by atomic mass is 10.1. The molecule has 0 radical (unpaired) electrons. The molecule has 0 bridgehead atoms. The Balaban J connectivity index is 1.85. The van der Waals surface area contributed by atoms with Crippen LogP contribution in [-0.4, -0.2) is 39.1 Å².